The Hall–Kier alpha value is 1.15. The van der Waals surface area contributed by atoms with Gasteiger partial charge in [-0.15, -0.1) is 0 Å². The molecular formula is C7H7Cl5N3O2P3. The van der Waals surface area contributed by atoms with Crippen LogP contribution in [0.4, 0.5) is 0 Å². The SMILES string of the molecule is O=Cc1ccc(ON2P(Cl)(Cl)=NPNP2(Cl)(Cl)Cl)cc1. The van der Waals surface area contributed by atoms with Crippen molar-refractivity contribution in [3.8, 4) is 5.75 Å². The van der Waals surface area contributed by atoms with Gasteiger partial charge in [0.1, 0.15) is 0 Å². The molecule has 1 aromatic carbocycles. The van der Waals surface area contributed by atoms with Crippen molar-refractivity contribution in [2.75, 3.05) is 0 Å². The van der Waals surface area contributed by atoms with Crippen LogP contribution < -0.4 is 9.70 Å². The third-order valence-corrected chi connectivity index (χ3v) is 15.5. The van der Waals surface area contributed by atoms with Gasteiger partial charge in [0.2, 0.25) is 0 Å². The fraction of sp³-hybridized carbons (Fsp3) is 0. The second kappa shape index (κ2) is 5.98. The summed E-state index contributed by atoms with van der Waals surface area (Å²) in [5.74, 6) is -2.78. The summed E-state index contributed by atoms with van der Waals surface area (Å²) >= 11 is 30.8. The van der Waals surface area contributed by atoms with Crippen LogP contribution in [0, 0.1) is 0 Å². The minimum atomic E-state index is -4.12. The molecule has 13 heteroatoms. The van der Waals surface area contributed by atoms with Gasteiger partial charge in [-0.3, -0.25) is 0 Å². The summed E-state index contributed by atoms with van der Waals surface area (Å²) in [6.45, 7) is 0. The normalized spacial score (nSPS) is 26.9. The van der Waals surface area contributed by atoms with Gasteiger partial charge in [-0.2, -0.15) is 0 Å². The van der Waals surface area contributed by atoms with E-state index in [2.05, 4.69) is 9.37 Å². The molecule has 1 N–H and O–H groups in total. The van der Waals surface area contributed by atoms with E-state index in [-0.39, 0.29) is 8.88 Å². The number of benzene rings is 1. The quantitative estimate of drug-likeness (QED) is 0.437. The molecular weight excluding hydrogens is 428 g/mol. The number of carbonyl (C=O) groups excluding carboxylic acids is 1. The van der Waals surface area contributed by atoms with Crippen LogP contribution in [-0.2, 0) is 0 Å². The number of aldehydes is 1. The summed E-state index contributed by atoms with van der Waals surface area (Å²) in [7, 11) is -0.225. The zero-order valence-corrected chi connectivity index (χ0v) is 16.0. The topological polar surface area (TPSA) is 53.9 Å². The maximum absolute atomic E-state index is 10.6. The van der Waals surface area contributed by atoms with E-state index in [1.54, 1.807) is 12.1 Å². The van der Waals surface area contributed by atoms with Crippen molar-refractivity contribution in [3.63, 3.8) is 0 Å². The summed E-state index contributed by atoms with van der Waals surface area (Å²) in [5.41, 5.74) is 0.484. The van der Waals surface area contributed by atoms with E-state index in [1.165, 1.54) is 12.1 Å². The number of nitrogens with one attached hydrogen (secondary N) is 1. The third-order valence-electron chi connectivity index (χ3n) is 2.09. The third kappa shape index (κ3) is 3.91. The number of halogens is 5. The first kappa shape index (κ1) is 17.5. The van der Waals surface area contributed by atoms with Crippen molar-refractivity contribution in [2.24, 2.45) is 4.52 Å². The molecule has 0 spiro atoms. The van der Waals surface area contributed by atoms with Gasteiger partial charge in [0.15, 0.2) is 0 Å². The Bertz CT molecular complexity index is 584. The van der Waals surface area contributed by atoms with Crippen molar-refractivity contribution >= 4 is 82.2 Å². The van der Waals surface area contributed by atoms with Crippen molar-refractivity contribution in [1.82, 2.24) is 9.46 Å². The molecule has 1 unspecified atom stereocenters. The number of hydrogen-bond acceptors (Lipinski definition) is 5. The van der Waals surface area contributed by atoms with E-state index in [1.807, 2.05) is 0 Å². The molecule has 1 aliphatic heterocycles. The molecule has 112 valence electrons. The number of nitrogens with zero attached hydrogens (tertiary/aromatic N) is 2. The van der Waals surface area contributed by atoms with Gasteiger partial charge in [-0.25, -0.2) is 0 Å². The molecule has 5 nitrogen and oxygen atoms in total. The Labute approximate surface area is 141 Å². The van der Waals surface area contributed by atoms with Crippen LogP contribution in [0.5, 0.6) is 5.75 Å². The Morgan fingerprint density at radius 2 is 1.90 bits per heavy atom. The summed E-state index contributed by atoms with van der Waals surface area (Å²) in [4.78, 5) is 14.6. The average molecular weight is 435 g/mol. The van der Waals surface area contributed by atoms with Crippen molar-refractivity contribution in [1.29, 1.82) is 0 Å². The van der Waals surface area contributed by atoms with E-state index in [4.69, 9.17) is 61.0 Å². The number of rotatable bonds is 3. The molecule has 0 saturated heterocycles. The Kier molecular flexibility index (Phi) is 5.23. The van der Waals surface area contributed by atoms with Crippen molar-refractivity contribution in [2.45, 2.75) is 0 Å². The van der Waals surface area contributed by atoms with Crippen molar-refractivity contribution < 1.29 is 9.63 Å². The Morgan fingerprint density at radius 3 is 2.40 bits per heavy atom. The minimum absolute atomic E-state index is 0.225. The molecule has 1 aliphatic rings. The molecule has 0 saturated carbocycles. The monoisotopic (exact) mass is 433 g/mol. The molecule has 20 heavy (non-hydrogen) atoms. The van der Waals surface area contributed by atoms with Crippen LogP contribution in [0.15, 0.2) is 28.8 Å². The fourth-order valence-electron chi connectivity index (χ4n) is 1.24. The molecule has 1 heterocycles. The zero-order valence-electron chi connectivity index (χ0n) is 9.38. The summed E-state index contributed by atoms with van der Waals surface area (Å²) in [6.07, 6.45) is 0.702. The maximum atomic E-state index is 10.6. The number of hydrogen-bond donors (Lipinski definition) is 1. The summed E-state index contributed by atoms with van der Waals surface area (Å²) < 4.78 is 4.93. The van der Waals surface area contributed by atoms with Gasteiger partial charge >= 0.3 is 141 Å². The first-order valence-electron chi connectivity index (χ1n) is 4.87. The van der Waals surface area contributed by atoms with E-state index < -0.39 is 10.9 Å². The standard InChI is InChI=1S/C7H7Cl5N3O2P3/c8-19(9)13-18-14-20(10,11,12)15(19)17-7-3-1-6(5-16)2-4-7/h1-5,14,18H. The molecule has 0 aromatic heterocycles. The molecule has 1 atom stereocenters. The second-order valence-corrected chi connectivity index (χ2v) is 19.8. The van der Waals surface area contributed by atoms with Gasteiger partial charge in [-0.05, 0) is 0 Å². The van der Waals surface area contributed by atoms with E-state index in [9.17, 15) is 4.79 Å². The molecule has 1 aromatic rings. The first-order valence-corrected chi connectivity index (χ1v) is 14.2. The predicted octanol–water partition coefficient (Wildman–Crippen LogP) is 6.48. The van der Waals surface area contributed by atoms with E-state index >= 15 is 0 Å². The molecule has 0 radical (unpaired) electrons. The van der Waals surface area contributed by atoms with Crippen LogP contribution in [0.1, 0.15) is 10.4 Å². The van der Waals surface area contributed by atoms with Gasteiger partial charge in [-0.1, -0.05) is 0 Å². The van der Waals surface area contributed by atoms with Gasteiger partial charge in [0.25, 0.3) is 0 Å². The molecule has 0 fully saturated rings. The Balaban J connectivity index is 2.35. The Morgan fingerprint density at radius 1 is 1.30 bits per heavy atom. The molecule has 2 rings (SSSR count). The van der Waals surface area contributed by atoms with Crippen LogP contribution >= 0.6 is 76.0 Å². The van der Waals surface area contributed by atoms with Gasteiger partial charge in [0, 0.05) is 0 Å². The van der Waals surface area contributed by atoms with Crippen LogP contribution in [0.25, 0.3) is 0 Å². The van der Waals surface area contributed by atoms with Gasteiger partial charge < -0.3 is 0 Å². The number of carbonyl (C=O) groups is 1. The molecule has 0 bridgehead atoms. The predicted molar refractivity (Wildman–Crippen MR) is 91.3 cm³/mol. The van der Waals surface area contributed by atoms with E-state index in [0.717, 1.165) is 4.60 Å². The van der Waals surface area contributed by atoms with E-state index in [0.29, 0.717) is 17.6 Å². The summed E-state index contributed by atoms with van der Waals surface area (Å²) in [5, 5.41) is 0. The van der Waals surface area contributed by atoms with Crippen molar-refractivity contribution in [3.05, 3.63) is 29.8 Å². The van der Waals surface area contributed by atoms with Gasteiger partial charge in [0.05, 0.1) is 0 Å². The second-order valence-electron chi connectivity index (χ2n) is 3.58. The first-order chi connectivity index (χ1) is 9.12. The summed E-state index contributed by atoms with van der Waals surface area (Å²) in [6, 6.07) is 6.16. The van der Waals surface area contributed by atoms with Crippen LogP contribution in [0.3, 0.4) is 0 Å². The average Bonchev–Trinajstić information content (AvgIpc) is 2.33. The van der Waals surface area contributed by atoms with Crippen LogP contribution in [0.2, 0.25) is 0 Å². The fourth-order valence-corrected chi connectivity index (χ4v) is 15.3. The van der Waals surface area contributed by atoms with Crippen LogP contribution in [-0.4, -0.2) is 10.9 Å². The molecule has 0 amide bonds. The molecule has 0 aliphatic carbocycles. The zero-order chi connectivity index (χ0) is 15.0.